The number of carbonyl (C=O) groups excluding carboxylic acids is 1. The van der Waals surface area contributed by atoms with Crippen molar-refractivity contribution in [2.45, 2.75) is 44.7 Å². The molecule has 0 bridgehead atoms. The maximum absolute atomic E-state index is 12.5. The summed E-state index contributed by atoms with van der Waals surface area (Å²) < 4.78 is 0. The first-order valence-corrected chi connectivity index (χ1v) is 7.85. The van der Waals surface area contributed by atoms with Crippen LogP contribution in [0.5, 0.6) is 0 Å². The van der Waals surface area contributed by atoms with Crippen LogP contribution in [-0.4, -0.2) is 52.9 Å². The SMILES string of the molecule is C[C@H]1CN(C(=O)c2cnc(C3CC3)s2)C[C@H](C)N1C. The second-order valence-corrected chi connectivity index (χ2v) is 6.97. The van der Waals surface area contributed by atoms with E-state index < -0.39 is 0 Å². The van der Waals surface area contributed by atoms with Crippen molar-refractivity contribution >= 4 is 17.2 Å². The largest absolute Gasteiger partial charge is 0.335 e. The van der Waals surface area contributed by atoms with Crippen LogP contribution in [0.25, 0.3) is 0 Å². The van der Waals surface area contributed by atoms with E-state index in [-0.39, 0.29) is 5.91 Å². The lowest BCUT2D eigenvalue weighted by Gasteiger charge is -2.42. The van der Waals surface area contributed by atoms with Gasteiger partial charge in [0.15, 0.2) is 0 Å². The predicted molar refractivity (Wildman–Crippen MR) is 76.7 cm³/mol. The third kappa shape index (κ3) is 2.54. The molecular formula is C14H21N3OS. The lowest BCUT2D eigenvalue weighted by atomic mass is 10.1. The first-order chi connectivity index (χ1) is 9.06. The van der Waals surface area contributed by atoms with Gasteiger partial charge in [-0.2, -0.15) is 0 Å². The van der Waals surface area contributed by atoms with Crippen molar-refractivity contribution in [1.82, 2.24) is 14.8 Å². The molecule has 1 saturated heterocycles. The molecule has 1 aromatic rings. The van der Waals surface area contributed by atoms with E-state index in [1.54, 1.807) is 17.5 Å². The van der Waals surface area contributed by atoms with Crippen LogP contribution >= 0.6 is 11.3 Å². The molecule has 0 unspecified atom stereocenters. The number of amides is 1. The molecule has 2 fully saturated rings. The summed E-state index contributed by atoms with van der Waals surface area (Å²) in [6, 6.07) is 0.840. The molecule has 0 spiro atoms. The Morgan fingerprint density at radius 3 is 2.53 bits per heavy atom. The number of aromatic nitrogens is 1. The maximum Gasteiger partial charge on any atom is 0.265 e. The molecule has 1 amide bonds. The molecule has 19 heavy (non-hydrogen) atoms. The van der Waals surface area contributed by atoms with Crippen molar-refractivity contribution < 1.29 is 4.79 Å². The number of thiazole rings is 1. The zero-order valence-corrected chi connectivity index (χ0v) is 12.6. The zero-order valence-electron chi connectivity index (χ0n) is 11.8. The van der Waals surface area contributed by atoms with Gasteiger partial charge < -0.3 is 4.90 Å². The molecule has 0 N–H and O–H groups in total. The smallest absolute Gasteiger partial charge is 0.265 e. The maximum atomic E-state index is 12.5. The van der Waals surface area contributed by atoms with Crippen LogP contribution in [0.4, 0.5) is 0 Å². The quantitative estimate of drug-likeness (QED) is 0.832. The average molecular weight is 279 g/mol. The van der Waals surface area contributed by atoms with Crippen LogP contribution in [0.1, 0.15) is 47.3 Å². The zero-order chi connectivity index (χ0) is 13.6. The molecule has 1 aliphatic heterocycles. The lowest BCUT2D eigenvalue weighted by Crippen LogP contribution is -2.56. The van der Waals surface area contributed by atoms with E-state index >= 15 is 0 Å². The predicted octanol–water partition coefficient (Wildman–Crippen LogP) is 2.19. The van der Waals surface area contributed by atoms with E-state index in [4.69, 9.17) is 0 Å². The molecule has 1 saturated carbocycles. The second-order valence-electron chi connectivity index (χ2n) is 5.91. The second kappa shape index (κ2) is 4.87. The Balaban J connectivity index is 1.72. The summed E-state index contributed by atoms with van der Waals surface area (Å²) in [5, 5.41) is 1.15. The normalized spacial score (nSPS) is 28.7. The Bertz CT molecular complexity index is 471. The number of piperazine rings is 1. The van der Waals surface area contributed by atoms with Gasteiger partial charge in [0.25, 0.3) is 5.91 Å². The van der Waals surface area contributed by atoms with Gasteiger partial charge in [0.2, 0.25) is 0 Å². The highest BCUT2D eigenvalue weighted by atomic mass is 32.1. The summed E-state index contributed by atoms with van der Waals surface area (Å²) in [5.41, 5.74) is 0. The summed E-state index contributed by atoms with van der Waals surface area (Å²) in [5.74, 6) is 0.799. The Kier molecular flexibility index (Phi) is 3.35. The van der Waals surface area contributed by atoms with Gasteiger partial charge in [-0.1, -0.05) is 0 Å². The van der Waals surface area contributed by atoms with E-state index in [1.165, 1.54) is 12.8 Å². The minimum Gasteiger partial charge on any atom is -0.335 e. The minimum atomic E-state index is 0.163. The Morgan fingerprint density at radius 1 is 1.32 bits per heavy atom. The number of hydrogen-bond donors (Lipinski definition) is 0. The molecule has 2 atom stereocenters. The van der Waals surface area contributed by atoms with Gasteiger partial charge in [-0.05, 0) is 33.7 Å². The van der Waals surface area contributed by atoms with Crippen LogP contribution in [0.3, 0.4) is 0 Å². The fraction of sp³-hybridized carbons (Fsp3) is 0.714. The number of hydrogen-bond acceptors (Lipinski definition) is 4. The van der Waals surface area contributed by atoms with Crippen molar-refractivity contribution in [2.75, 3.05) is 20.1 Å². The van der Waals surface area contributed by atoms with Crippen molar-refractivity contribution in [1.29, 1.82) is 0 Å². The van der Waals surface area contributed by atoms with Crippen molar-refractivity contribution in [2.24, 2.45) is 0 Å². The highest BCUT2D eigenvalue weighted by molar-refractivity contribution is 7.13. The van der Waals surface area contributed by atoms with Gasteiger partial charge in [-0.25, -0.2) is 4.98 Å². The highest BCUT2D eigenvalue weighted by Gasteiger charge is 2.32. The van der Waals surface area contributed by atoms with E-state index in [0.29, 0.717) is 18.0 Å². The third-order valence-electron chi connectivity index (χ3n) is 4.31. The number of likely N-dealkylation sites (N-methyl/N-ethyl adjacent to an activating group) is 1. The number of nitrogens with zero attached hydrogens (tertiary/aromatic N) is 3. The molecule has 2 heterocycles. The monoisotopic (exact) mass is 279 g/mol. The van der Waals surface area contributed by atoms with Crippen molar-refractivity contribution in [3.05, 3.63) is 16.1 Å². The standard InChI is InChI=1S/C14H21N3OS/c1-9-7-17(8-10(2)16(9)3)14(18)12-6-15-13(19-12)11-4-5-11/h6,9-11H,4-5,7-8H2,1-3H3/t9-,10-/m0/s1. The summed E-state index contributed by atoms with van der Waals surface area (Å²) in [6.07, 6.45) is 4.25. The van der Waals surface area contributed by atoms with E-state index in [0.717, 1.165) is 23.0 Å². The first-order valence-electron chi connectivity index (χ1n) is 7.03. The third-order valence-corrected chi connectivity index (χ3v) is 5.46. The van der Waals surface area contributed by atoms with Crippen LogP contribution in [0.15, 0.2) is 6.20 Å². The van der Waals surface area contributed by atoms with Crippen molar-refractivity contribution in [3.63, 3.8) is 0 Å². The van der Waals surface area contributed by atoms with E-state index in [2.05, 4.69) is 30.8 Å². The molecule has 1 aromatic heterocycles. The molecular weight excluding hydrogens is 258 g/mol. The van der Waals surface area contributed by atoms with Gasteiger partial charge in [0, 0.05) is 31.1 Å². The molecule has 0 radical (unpaired) electrons. The van der Waals surface area contributed by atoms with Gasteiger partial charge >= 0.3 is 0 Å². The van der Waals surface area contributed by atoms with Crippen LogP contribution in [-0.2, 0) is 0 Å². The molecule has 2 aliphatic rings. The Labute approximate surface area is 118 Å². The Hall–Kier alpha value is -0.940. The number of carbonyl (C=O) groups is 1. The van der Waals surface area contributed by atoms with Gasteiger partial charge in [0.1, 0.15) is 4.88 Å². The lowest BCUT2D eigenvalue weighted by molar-refractivity contribution is 0.0418. The Morgan fingerprint density at radius 2 is 1.95 bits per heavy atom. The van der Waals surface area contributed by atoms with Gasteiger partial charge in [0.05, 0.1) is 11.2 Å². The molecule has 4 nitrogen and oxygen atoms in total. The van der Waals surface area contributed by atoms with Gasteiger partial charge in [-0.15, -0.1) is 11.3 Å². The fourth-order valence-corrected chi connectivity index (χ4v) is 3.69. The first kappa shape index (κ1) is 13.1. The average Bonchev–Trinajstić information content (AvgIpc) is 3.12. The van der Waals surface area contributed by atoms with Gasteiger partial charge in [-0.3, -0.25) is 9.69 Å². The summed E-state index contributed by atoms with van der Waals surface area (Å²) >= 11 is 1.59. The summed E-state index contributed by atoms with van der Waals surface area (Å²) in [6.45, 7) is 5.99. The summed E-state index contributed by atoms with van der Waals surface area (Å²) in [7, 11) is 2.13. The highest BCUT2D eigenvalue weighted by Crippen LogP contribution is 2.41. The van der Waals surface area contributed by atoms with Crippen LogP contribution < -0.4 is 0 Å². The molecule has 3 rings (SSSR count). The van der Waals surface area contributed by atoms with E-state index in [1.807, 2.05) is 4.90 Å². The molecule has 1 aliphatic carbocycles. The van der Waals surface area contributed by atoms with Crippen LogP contribution in [0, 0.1) is 0 Å². The fourth-order valence-electron chi connectivity index (χ4n) is 2.63. The molecule has 5 heteroatoms. The van der Waals surface area contributed by atoms with Crippen molar-refractivity contribution in [3.8, 4) is 0 Å². The van der Waals surface area contributed by atoms with Crippen LogP contribution in [0.2, 0.25) is 0 Å². The topological polar surface area (TPSA) is 36.4 Å². The van der Waals surface area contributed by atoms with E-state index in [9.17, 15) is 4.79 Å². The number of rotatable bonds is 2. The summed E-state index contributed by atoms with van der Waals surface area (Å²) in [4.78, 5) is 22.1. The molecule has 0 aromatic carbocycles. The minimum absolute atomic E-state index is 0.163. The molecule has 104 valence electrons.